The van der Waals surface area contributed by atoms with Crippen molar-refractivity contribution < 1.29 is 9.53 Å². The molecule has 1 unspecified atom stereocenters. The van der Waals surface area contributed by atoms with E-state index in [4.69, 9.17) is 4.74 Å². The first-order chi connectivity index (χ1) is 18.1. The van der Waals surface area contributed by atoms with Gasteiger partial charge < -0.3 is 15.0 Å². The Kier molecular flexibility index (Phi) is 7.36. The Morgan fingerprint density at radius 2 is 1.70 bits per heavy atom. The number of benzene rings is 4. The molecule has 0 aliphatic heterocycles. The molecule has 0 bridgehead atoms. The Morgan fingerprint density at radius 3 is 2.49 bits per heavy atom. The number of carbonyl (C=O) groups is 1. The van der Waals surface area contributed by atoms with Gasteiger partial charge in [-0.25, -0.2) is 0 Å². The number of hydrogen-bond acceptors (Lipinski definition) is 2. The minimum atomic E-state index is -0.133. The highest BCUT2D eigenvalue weighted by molar-refractivity contribution is 5.93. The molecule has 0 fully saturated rings. The molecule has 0 saturated carbocycles. The molecule has 1 aromatic heterocycles. The summed E-state index contributed by atoms with van der Waals surface area (Å²) in [4.78, 5) is 16.8. The molecule has 1 heterocycles. The molecule has 0 spiro atoms. The van der Waals surface area contributed by atoms with Gasteiger partial charge in [0, 0.05) is 35.1 Å². The average molecular weight is 489 g/mol. The zero-order chi connectivity index (χ0) is 25.6. The summed E-state index contributed by atoms with van der Waals surface area (Å²) in [5.41, 5.74) is 7.66. The van der Waals surface area contributed by atoms with Crippen LogP contribution in [0.15, 0.2) is 103 Å². The van der Waals surface area contributed by atoms with Gasteiger partial charge in [-0.1, -0.05) is 85.3 Å². The van der Waals surface area contributed by atoms with Crippen molar-refractivity contribution in [2.24, 2.45) is 0 Å². The molecule has 0 aliphatic carbocycles. The van der Waals surface area contributed by atoms with Crippen molar-refractivity contribution in [3.05, 3.63) is 131 Å². The van der Waals surface area contributed by atoms with E-state index >= 15 is 0 Å². The lowest BCUT2D eigenvalue weighted by molar-refractivity contribution is -0.116. The highest BCUT2D eigenvalue weighted by Crippen LogP contribution is 2.36. The number of hydrogen-bond donors (Lipinski definition) is 2. The number of nitrogens with one attached hydrogen (secondary N) is 2. The minimum Gasteiger partial charge on any atom is -0.489 e. The second-order valence-corrected chi connectivity index (χ2v) is 9.45. The van der Waals surface area contributed by atoms with Crippen molar-refractivity contribution in [3.8, 4) is 5.75 Å². The van der Waals surface area contributed by atoms with E-state index in [1.165, 1.54) is 5.56 Å². The van der Waals surface area contributed by atoms with Crippen LogP contribution in [0.25, 0.3) is 10.9 Å². The fourth-order valence-electron chi connectivity index (χ4n) is 4.83. The molecule has 5 aromatic rings. The number of ether oxygens (including phenoxy) is 1. The van der Waals surface area contributed by atoms with Gasteiger partial charge in [-0.15, -0.1) is 0 Å². The second kappa shape index (κ2) is 11.2. The molecule has 0 radical (unpaired) electrons. The summed E-state index contributed by atoms with van der Waals surface area (Å²) < 4.78 is 6.13. The fourth-order valence-corrected chi connectivity index (χ4v) is 4.83. The van der Waals surface area contributed by atoms with Crippen molar-refractivity contribution in [1.82, 2.24) is 4.98 Å². The summed E-state index contributed by atoms with van der Waals surface area (Å²) in [6, 6.07) is 32.6. The van der Waals surface area contributed by atoms with E-state index < -0.39 is 0 Å². The number of aromatic amines is 1. The van der Waals surface area contributed by atoms with E-state index in [-0.39, 0.29) is 11.8 Å². The maximum atomic E-state index is 13.3. The maximum absolute atomic E-state index is 13.3. The Morgan fingerprint density at radius 1 is 0.919 bits per heavy atom. The summed E-state index contributed by atoms with van der Waals surface area (Å²) in [6.07, 6.45) is 3.32. The van der Waals surface area contributed by atoms with Gasteiger partial charge in [-0.3, -0.25) is 4.79 Å². The SMILES string of the molecule is CCc1cccc2c(C(CC(=O)Nc3ccc(C)cc3)c3cccc(OCc4ccccc4)c3)c[nH]c12. The summed E-state index contributed by atoms with van der Waals surface area (Å²) in [6.45, 7) is 4.70. The van der Waals surface area contributed by atoms with Crippen LogP contribution in [0.3, 0.4) is 0 Å². The number of carbonyl (C=O) groups excluding carboxylic acids is 1. The van der Waals surface area contributed by atoms with Gasteiger partial charge in [-0.2, -0.15) is 0 Å². The van der Waals surface area contributed by atoms with Crippen LogP contribution in [-0.4, -0.2) is 10.9 Å². The zero-order valence-electron chi connectivity index (χ0n) is 21.3. The van der Waals surface area contributed by atoms with Gasteiger partial charge >= 0.3 is 0 Å². The van der Waals surface area contributed by atoms with E-state index in [1.807, 2.05) is 61.5 Å². The molecule has 186 valence electrons. The quantitative estimate of drug-likeness (QED) is 0.223. The molecule has 4 heteroatoms. The molecule has 0 saturated heterocycles. The van der Waals surface area contributed by atoms with Crippen molar-refractivity contribution >= 4 is 22.5 Å². The third kappa shape index (κ3) is 5.75. The number of rotatable bonds is 9. The topological polar surface area (TPSA) is 54.1 Å². The van der Waals surface area contributed by atoms with Gasteiger partial charge in [0.2, 0.25) is 5.91 Å². The van der Waals surface area contributed by atoms with Crippen molar-refractivity contribution in [3.63, 3.8) is 0 Å². The van der Waals surface area contributed by atoms with Crippen LogP contribution in [0.2, 0.25) is 0 Å². The molecule has 5 rings (SSSR count). The van der Waals surface area contributed by atoms with Gasteiger partial charge in [0.15, 0.2) is 0 Å². The molecule has 37 heavy (non-hydrogen) atoms. The van der Waals surface area contributed by atoms with Crippen molar-refractivity contribution in [2.75, 3.05) is 5.32 Å². The lowest BCUT2D eigenvalue weighted by Gasteiger charge is -2.19. The van der Waals surface area contributed by atoms with Crippen LogP contribution in [0.1, 0.15) is 47.1 Å². The van der Waals surface area contributed by atoms with Gasteiger partial charge in [0.05, 0.1) is 0 Å². The monoisotopic (exact) mass is 488 g/mol. The normalized spacial score (nSPS) is 11.8. The highest BCUT2D eigenvalue weighted by atomic mass is 16.5. The maximum Gasteiger partial charge on any atom is 0.225 e. The van der Waals surface area contributed by atoms with Gasteiger partial charge in [0.1, 0.15) is 12.4 Å². The molecular formula is C33H32N2O2. The van der Waals surface area contributed by atoms with E-state index in [0.717, 1.165) is 51.0 Å². The average Bonchev–Trinajstić information content (AvgIpc) is 3.37. The molecule has 2 N–H and O–H groups in total. The number of anilines is 1. The Labute approximate surface area is 218 Å². The van der Waals surface area contributed by atoms with Crippen molar-refractivity contribution in [2.45, 2.75) is 39.2 Å². The van der Waals surface area contributed by atoms with Gasteiger partial charge in [-0.05, 0) is 59.9 Å². The van der Waals surface area contributed by atoms with Crippen molar-refractivity contribution in [1.29, 1.82) is 0 Å². The number of aromatic nitrogens is 1. The molecule has 1 amide bonds. The van der Waals surface area contributed by atoms with Crippen LogP contribution in [0.5, 0.6) is 5.75 Å². The first-order valence-corrected chi connectivity index (χ1v) is 12.8. The Hall–Kier alpha value is -4.31. The second-order valence-electron chi connectivity index (χ2n) is 9.45. The summed E-state index contributed by atoms with van der Waals surface area (Å²) in [5, 5.41) is 4.24. The van der Waals surface area contributed by atoms with Gasteiger partial charge in [0.25, 0.3) is 0 Å². The molecular weight excluding hydrogens is 456 g/mol. The molecule has 4 nitrogen and oxygen atoms in total. The van der Waals surface area contributed by atoms with Crippen LogP contribution in [0.4, 0.5) is 5.69 Å². The van der Waals surface area contributed by atoms with Crippen LogP contribution >= 0.6 is 0 Å². The predicted octanol–water partition coefficient (Wildman–Crippen LogP) is 7.78. The van der Waals surface area contributed by atoms with Crippen LogP contribution < -0.4 is 10.1 Å². The fraction of sp³-hybridized carbons (Fsp3) is 0.182. The van der Waals surface area contributed by atoms with E-state index in [2.05, 4.69) is 65.9 Å². The number of aryl methyl sites for hydroxylation is 2. The number of para-hydroxylation sites is 1. The third-order valence-corrected chi connectivity index (χ3v) is 6.82. The summed E-state index contributed by atoms with van der Waals surface area (Å²) in [5.74, 6) is 0.636. The Balaban J connectivity index is 1.46. The van der Waals surface area contributed by atoms with E-state index in [1.54, 1.807) is 0 Å². The highest BCUT2D eigenvalue weighted by Gasteiger charge is 2.23. The summed E-state index contributed by atoms with van der Waals surface area (Å²) >= 11 is 0. The number of fused-ring (bicyclic) bond motifs is 1. The number of H-pyrrole nitrogens is 1. The summed E-state index contributed by atoms with van der Waals surface area (Å²) in [7, 11) is 0. The third-order valence-electron chi connectivity index (χ3n) is 6.82. The molecule has 4 aromatic carbocycles. The zero-order valence-corrected chi connectivity index (χ0v) is 21.3. The first-order valence-electron chi connectivity index (χ1n) is 12.8. The van der Waals surface area contributed by atoms with Crippen LogP contribution in [0, 0.1) is 6.92 Å². The van der Waals surface area contributed by atoms with E-state index in [0.29, 0.717) is 13.0 Å². The van der Waals surface area contributed by atoms with E-state index in [9.17, 15) is 4.79 Å². The smallest absolute Gasteiger partial charge is 0.225 e. The molecule has 1 atom stereocenters. The Bertz CT molecular complexity index is 1490. The standard InChI is InChI=1S/C33H32N2O2/c1-3-25-11-8-14-29-31(21-34-33(25)29)30(20-32(36)35-27-17-15-23(2)16-18-27)26-12-7-13-28(19-26)37-22-24-9-5-4-6-10-24/h4-19,21,30,34H,3,20,22H2,1-2H3,(H,35,36). The number of amides is 1. The lowest BCUT2D eigenvalue weighted by atomic mass is 9.87. The first kappa shape index (κ1) is 24.4. The minimum absolute atomic E-state index is 0.0227. The van der Waals surface area contributed by atoms with Crippen LogP contribution in [-0.2, 0) is 17.8 Å². The largest absolute Gasteiger partial charge is 0.489 e. The molecule has 0 aliphatic rings. The lowest BCUT2D eigenvalue weighted by Crippen LogP contribution is -2.16. The predicted molar refractivity (Wildman–Crippen MR) is 151 cm³/mol.